The summed E-state index contributed by atoms with van der Waals surface area (Å²) >= 11 is 0. The number of methoxy groups -OCH3 is 1. The zero-order valence-corrected chi connectivity index (χ0v) is 23.4. The molecule has 7 nitrogen and oxygen atoms in total. The number of allylic oxidation sites excluding steroid dienone is 3. The molecule has 2 atom stereocenters. The highest BCUT2D eigenvalue weighted by Crippen LogP contribution is 2.44. The first-order chi connectivity index (χ1) is 18.5. The third kappa shape index (κ3) is 7.07. The number of nitrogens with zero attached hydrogens (tertiary/aromatic N) is 3. The third-order valence-corrected chi connectivity index (χ3v) is 6.51. The fourth-order valence-corrected chi connectivity index (χ4v) is 4.87. The Balaban J connectivity index is 1.53. The highest BCUT2D eigenvalue weighted by molar-refractivity contribution is 5.73. The monoisotopic (exact) mass is 533 g/mol. The highest BCUT2D eigenvalue weighted by Gasteiger charge is 2.35. The topological polar surface area (TPSA) is 77.7 Å². The standard InChI is InChI=1S/C31H36FN3O4/c1-30(2,3)38-27(36)19-35(5)18-24-16-22(13-15-26(24)32)28-33-29(39-34-28)23-12-14-25(21-10-8-7-9-11-21)31(4,17-23)20-37-6/h7-17,25H,18-20H2,1-6H3. The molecule has 2 aromatic carbocycles. The maximum atomic E-state index is 14.6. The average Bonchev–Trinajstić information content (AvgIpc) is 3.35. The Bertz CT molecular complexity index is 1360. The van der Waals surface area contributed by atoms with Gasteiger partial charge in [-0.1, -0.05) is 60.6 Å². The number of rotatable bonds is 9. The second-order valence-electron chi connectivity index (χ2n) is 11.3. The van der Waals surface area contributed by atoms with Crippen molar-refractivity contribution in [2.75, 3.05) is 27.3 Å². The van der Waals surface area contributed by atoms with Crippen LogP contribution in [-0.4, -0.2) is 53.9 Å². The molecule has 0 saturated heterocycles. The summed E-state index contributed by atoms with van der Waals surface area (Å²) < 4.78 is 31.2. The molecule has 8 heteroatoms. The predicted molar refractivity (Wildman–Crippen MR) is 148 cm³/mol. The van der Waals surface area contributed by atoms with E-state index in [0.29, 0.717) is 29.4 Å². The quantitative estimate of drug-likeness (QED) is 0.310. The van der Waals surface area contributed by atoms with Crippen LogP contribution in [0.3, 0.4) is 0 Å². The van der Waals surface area contributed by atoms with E-state index in [1.807, 2.05) is 45.0 Å². The number of carbonyl (C=O) groups is 1. The van der Waals surface area contributed by atoms with E-state index in [2.05, 4.69) is 41.3 Å². The van der Waals surface area contributed by atoms with Gasteiger partial charge in [0.25, 0.3) is 5.89 Å². The molecule has 4 rings (SSSR count). The Labute approximate surface area is 229 Å². The van der Waals surface area contributed by atoms with E-state index in [4.69, 9.17) is 14.0 Å². The molecule has 0 N–H and O–H groups in total. The van der Waals surface area contributed by atoms with Gasteiger partial charge in [0.05, 0.1) is 13.2 Å². The minimum Gasteiger partial charge on any atom is -0.459 e. The van der Waals surface area contributed by atoms with Crippen LogP contribution >= 0.6 is 0 Å². The van der Waals surface area contributed by atoms with Crippen molar-refractivity contribution in [3.05, 3.63) is 89.6 Å². The number of likely N-dealkylation sites (N-methyl/N-ethyl adjacent to an activating group) is 1. The predicted octanol–water partition coefficient (Wildman–Crippen LogP) is 6.04. The fourth-order valence-electron chi connectivity index (χ4n) is 4.87. The van der Waals surface area contributed by atoms with Crippen molar-refractivity contribution < 1.29 is 23.2 Å². The average molecular weight is 534 g/mol. The smallest absolute Gasteiger partial charge is 0.320 e. The Kier molecular flexibility index (Phi) is 8.47. The lowest BCUT2D eigenvalue weighted by atomic mass is 9.70. The number of esters is 1. The third-order valence-electron chi connectivity index (χ3n) is 6.51. The van der Waals surface area contributed by atoms with E-state index in [0.717, 1.165) is 5.57 Å². The SMILES string of the molecule is COCC1(C)C=C(c2nc(-c3ccc(F)c(CN(C)CC(=O)OC(C)(C)C)c3)no2)C=CC1c1ccccc1. The summed E-state index contributed by atoms with van der Waals surface area (Å²) in [5, 5.41) is 4.17. The van der Waals surface area contributed by atoms with Gasteiger partial charge >= 0.3 is 5.97 Å². The number of aromatic nitrogens is 2. The van der Waals surface area contributed by atoms with Crippen molar-refractivity contribution in [2.24, 2.45) is 5.41 Å². The fraction of sp³-hybridized carbons (Fsp3) is 0.387. The van der Waals surface area contributed by atoms with E-state index in [1.54, 1.807) is 31.2 Å². The molecule has 0 fully saturated rings. The van der Waals surface area contributed by atoms with Crippen molar-refractivity contribution in [3.63, 3.8) is 0 Å². The zero-order valence-electron chi connectivity index (χ0n) is 23.4. The summed E-state index contributed by atoms with van der Waals surface area (Å²) in [4.78, 5) is 18.5. The summed E-state index contributed by atoms with van der Waals surface area (Å²) in [7, 11) is 3.44. The van der Waals surface area contributed by atoms with E-state index < -0.39 is 5.60 Å². The van der Waals surface area contributed by atoms with Gasteiger partial charge in [-0.25, -0.2) is 4.39 Å². The molecule has 0 spiro atoms. The first-order valence-corrected chi connectivity index (χ1v) is 13.0. The number of halogens is 1. The van der Waals surface area contributed by atoms with E-state index in [9.17, 15) is 9.18 Å². The maximum absolute atomic E-state index is 14.6. The van der Waals surface area contributed by atoms with Crippen LogP contribution in [0.5, 0.6) is 0 Å². The lowest BCUT2D eigenvalue weighted by molar-refractivity contribution is -0.155. The van der Waals surface area contributed by atoms with Gasteiger partial charge in [-0.05, 0) is 51.6 Å². The largest absolute Gasteiger partial charge is 0.459 e. The maximum Gasteiger partial charge on any atom is 0.320 e. The molecule has 1 heterocycles. The summed E-state index contributed by atoms with van der Waals surface area (Å²) in [6.45, 7) is 8.35. The van der Waals surface area contributed by atoms with E-state index in [-0.39, 0.29) is 36.2 Å². The second kappa shape index (κ2) is 11.6. The van der Waals surface area contributed by atoms with Gasteiger partial charge in [0, 0.05) is 41.7 Å². The number of carbonyl (C=O) groups excluding carboxylic acids is 1. The first kappa shape index (κ1) is 28.4. The zero-order chi connectivity index (χ0) is 28.2. The Morgan fingerprint density at radius 1 is 1.18 bits per heavy atom. The number of hydrogen-bond donors (Lipinski definition) is 0. The van der Waals surface area contributed by atoms with Crippen molar-refractivity contribution in [2.45, 2.75) is 45.8 Å². The molecule has 0 saturated carbocycles. The molecular weight excluding hydrogens is 497 g/mol. The molecule has 0 radical (unpaired) electrons. The van der Waals surface area contributed by atoms with Gasteiger partial charge in [0.15, 0.2) is 0 Å². The van der Waals surface area contributed by atoms with Gasteiger partial charge in [0.1, 0.15) is 11.4 Å². The van der Waals surface area contributed by atoms with Crippen molar-refractivity contribution in [1.29, 1.82) is 0 Å². The van der Waals surface area contributed by atoms with Crippen molar-refractivity contribution in [3.8, 4) is 11.4 Å². The normalized spacial score (nSPS) is 19.3. The Morgan fingerprint density at radius 3 is 2.62 bits per heavy atom. The molecule has 206 valence electrons. The number of benzene rings is 2. The van der Waals surface area contributed by atoms with Crippen LogP contribution in [0.4, 0.5) is 4.39 Å². The molecule has 0 amide bonds. The molecule has 0 bridgehead atoms. The molecule has 3 aromatic rings. The van der Waals surface area contributed by atoms with Gasteiger partial charge in [-0.15, -0.1) is 0 Å². The van der Waals surface area contributed by atoms with Gasteiger partial charge in [-0.3, -0.25) is 9.69 Å². The van der Waals surface area contributed by atoms with E-state index >= 15 is 0 Å². The Hall–Kier alpha value is -3.62. The van der Waals surface area contributed by atoms with E-state index in [1.165, 1.54) is 11.6 Å². The number of ether oxygens (including phenoxy) is 2. The second-order valence-corrected chi connectivity index (χ2v) is 11.3. The van der Waals surface area contributed by atoms with Crippen LogP contribution < -0.4 is 0 Å². The van der Waals surface area contributed by atoms with Gasteiger partial charge in [0.2, 0.25) is 5.82 Å². The van der Waals surface area contributed by atoms with Crippen LogP contribution in [0.2, 0.25) is 0 Å². The summed E-state index contributed by atoms with van der Waals surface area (Å²) in [5.41, 5.74) is 2.14. The lowest BCUT2D eigenvalue weighted by Crippen LogP contribution is -2.32. The van der Waals surface area contributed by atoms with Crippen LogP contribution in [-0.2, 0) is 20.8 Å². The summed E-state index contributed by atoms with van der Waals surface area (Å²) in [6.07, 6.45) is 6.26. The lowest BCUT2D eigenvalue weighted by Gasteiger charge is -2.36. The molecule has 1 aromatic heterocycles. The minimum absolute atomic E-state index is 0.0397. The molecule has 1 aliphatic carbocycles. The summed E-state index contributed by atoms with van der Waals surface area (Å²) in [5.74, 6) is 0.117. The Morgan fingerprint density at radius 2 is 1.92 bits per heavy atom. The number of hydrogen-bond acceptors (Lipinski definition) is 7. The van der Waals surface area contributed by atoms with Crippen LogP contribution in [0.15, 0.2) is 71.3 Å². The molecule has 1 aliphatic rings. The molecule has 2 unspecified atom stereocenters. The van der Waals surface area contributed by atoms with Gasteiger partial charge in [-0.2, -0.15) is 4.98 Å². The van der Waals surface area contributed by atoms with Crippen LogP contribution in [0.1, 0.15) is 50.6 Å². The first-order valence-electron chi connectivity index (χ1n) is 13.0. The van der Waals surface area contributed by atoms with Crippen LogP contribution in [0, 0.1) is 11.2 Å². The van der Waals surface area contributed by atoms with Crippen molar-refractivity contribution in [1.82, 2.24) is 15.0 Å². The summed E-state index contributed by atoms with van der Waals surface area (Å²) in [6, 6.07) is 15.0. The minimum atomic E-state index is -0.578. The molecule has 0 aliphatic heterocycles. The highest BCUT2D eigenvalue weighted by atomic mass is 19.1. The van der Waals surface area contributed by atoms with Crippen molar-refractivity contribution >= 4 is 11.5 Å². The molecule has 39 heavy (non-hydrogen) atoms. The molecular formula is C31H36FN3O4. The van der Waals surface area contributed by atoms with Crippen LogP contribution in [0.25, 0.3) is 17.0 Å². The van der Waals surface area contributed by atoms with Gasteiger partial charge < -0.3 is 14.0 Å².